The lowest BCUT2D eigenvalue weighted by Crippen LogP contribution is -2.38. The minimum Gasteiger partial charge on any atom is -0.489 e. The van der Waals surface area contributed by atoms with E-state index in [0.717, 1.165) is 11.3 Å². The molecule has 2 N–H and O–H groups in total. The Morgan fingerprint density at radius 2 is 2.04 bits per heavy atom. The maximum atomic E-state index is 12.0. The molecule has 146 valence electrons. The van der Waals surface area contributed by atoms with Crippen LogP contribution in [0.2, 0.25) is 0 Å². The normalized spacial score (nSPS) is 11.9. The summed E-state index contributed by atoms with van der Waals surface area (Å²) in [6.07, 6.45) is -2.17. The highest BCUT2D eigenvalue weighted by atomic mass is 19.4. The highest BCUT2D eigenvalue weighted by Gasteiger charge is 2.27. The molecule has 0 atom stereocenters. The lowest BCUT2D eigenvalue weighted by molar-refractivity contribution is -0.173. The maximum absolute atomic E-state index is 12.0. The maximum Gasteiger partial charge on any atom is 0.411 e. The Labute approximate surface area is 152 Å². The average Bonchev–Trinajstić information content (AvgIpc) is 2.60. The first-order valence-electron chi connectivity index (χ1n) is 8.44. The first kappa shape index (κ1) is 21.8. The molecule has 1 rings (SSSR count). The largest absolute Gasteiger partial charge is 0.489 e. The van der Waals surface area contributed by atoms with Gasteiger partial charge in [0, 0.05) is 25.3 Å². The van der Waals surface area contributed by atoms with E-state index in [1.165, 1.54) is 0 Å². The fraction of sp³-hybridized carbons (Fsp3) is 0.500. The van der Waals surface area contributed by atoms with Crippen LogP contribution in [0.25, 0.3) is 0 Å². The number of rotatable bonds is 11. The second kappa shape index (κ2) is 12.2. The van der Waals surface area contributed by atoms with Crippen molar-refractivity contribution in [2.45, 2.75) is 26.1 Å². The number of nitrogens with zero attached hydrogens (tertiary/aromatic N) is 1. The highest BCUT2D eigenvalue weighted by Crippen LogP contribution is 2.18. The number of aliphatic imine (C=N–C) groups is 1. The fourth-order valence-electron chi connectivity index (χ4n) is 2.00. The summed E-state index contributed by atoms with van der Waals surface area (Å²) in [6.45, 7) is 6.33. The van der Waals surface area contributed by atoms with Gasteiger partial charge < -0.3 is 20.1 Å². The van der Waals surface area contributed by atoms with E-state index in [1.807, 2.05) is 31.2 Å². The first-order valence-corrected chi connectivity index (χ1v) is 8.44. The molecule has 0 saturated carbocycles. The van der Waals surface area contributed by atoms with Crippen LogP contribution in [0.1, 0.15) is 18.9 Å². The monoisotopic (exact) mass is 373 g/mol. The standard InChI is InChI=1S/C18H26F3N3O2/c1-3-11-26-16-9-6-5-8-15(16)13-24-17(22-4-2)23-10-7-12-25-14-18(19,20)21/h3,5-6,8-9H,1,4,7,10-14H2,2H3,(H2,22,23,24). The van der Waals surface area contributed by atoms with Crippen molar-refractivity contribution in [3.63, 3.8) is 0 Å². The summed E-state index contributed by atoms with van der Waals surface area (Å²) in [7, 11) is 0. The zero-order chi connectivity index (χ0) is 19.3. The SMILES string of the molecule is C=CCOc1ccccc1CN=C(NCC)NCCCOCC(F)(F)F. The minimum atomic E-state index is -4.29. The lowest BCUT2D eigenvalue weighted by Gasteiger charge is -2.13. The third-order valence-electron chi connectivity index (χ3n) is 3.10. The topological polar surface area (TPSA) is 54.9 Å². The molecule has 0 saturated heterocycles. The summed E-state index contributed by atoms with van der Waals surface area (Å²) in [6, 6.07) is 7.59. The Kier molecular flexibility index (Phi) is 10.2. The van der Waals surface area contributed by atoms with Crippen molar-refractivity contribution in [3.8, 4) is 5.75 Å². The van der Waals surface area contributed by atoms with Crippen LogP contribution < -0.4 is 15.4 Å². The van der Waals surface area contributed by atoms with Crippen molar-refractivity contribution in [3.05, 3.63) is 42.5 Å². The molecule has 8 heteroatoms. The smallest absolute Gasteiger partial charge is 0.411 e. The van der Waals surface area contributed by atoms with E-state index in [4.69, 9.17) is 4.74 Å². The van der Waals surface area contributed by atoms with E-state index >= 15 is 0 Å². The molecular formula is C18H26F3N3O2. The zero-order valence-corrected chi connectivity index (χ0v) is 14.9. The Morgan fingerprint density at radius 3 is 2.73 bits per heavy atom. The van der Waals surface area contributed by atoms with E-state index in [-0.39, 0.29) is 6.61 Å². The van der Waals surface area contributed by atoms with Crippen molar-refractivity contribution in [1.29, 1.82) is 0 Å². The van der Waals surface area contributed by atoms with Gasteiger partial charge in [0.1, 0.15) is 19.0 Å². The van der Waals surface area contributed by atoms with Crippen molar-refractivity contribution in [2.24, 2.45) is 4.99 Å². The van der Waals surface area contributed by atoms with Gasteiger partial charge in [-0.15, -0.1) is 0 Å². The Balaban J connectivity index is 2.47. The average molecular weight is 373 g/mol. The van der Waals surface area contributed by atoms with Gasteiger partial charge in [0.15, 0.2) is 5.96 Å². The molecule has 1 aromatic carbocycles. The van der Waals surface area contributed by atoms with Gasteiger partial charge in [-0.25, -0.2) is 4.99 Å². The zero-order valence-electron chi connectivity index (χ0n) is 14.9. The van der Waals surface area contributed by atoms with Crippen molar-refractivity contribution in [1.82, 2.24) is 10.6 Å². The highest BCUT2D eigenvalue weighted by molar-refractivity contribution is 5.79. The molecule has 0 radical (unpaired) electrons. The van der Waals surface area contributed by atoms with Crippen LogP contribution in [0.5, 0.6) is 5.75 Å². The van der Waals surface area contributed by atoms with Gasteiger partial charge in [-0.3, -0.25) is 0 Å². The summed E-state index contributed by atoms with van der Waals surface area (Å²) in [4.78, 5) is 4.48. The summed E-state index contributed by atoms with van der Waals surface area (Å²) in [5, 5.41) is 6.16. The molecule has 26 heavy (non-hydrogen) atoms. The molecule has 0 aromatic heterocycles. The van der Waals surface area contributed by atoms with Gasteiger partial charge in [0.2, 0.25) is 0 Å². The van der Waals surface area contributed by atoms with Crippen LogP contribution in [0.15, 0.2) is 41.9 Å². The van der Waals surface area contributed by atoms with Gasteiger partial charge in [-0.2, -0.15) is 13.2 Å². The Bertz CT molecular complexity index is 563. The minimum absolute atomic E-state index is 0.0319. The number of guanidine groups is 1. The van der Waals surface area contributed by atoms with Crippen LogP contribution in [-0.4, -0.2) is 45.0 Å². The molecular weight excluding hydrogens is 347 g/mol. The second-order valence-electron chi connectivity index (χ2n) is 5.35. The van der Waals surface area contributed by atoms with Crippen molar-refractivity contribution in [2.75, 3.05) is 32.9 Å². The van der Waals surface area contributed by atoms with Crippen LogP contribution in [0.3, 0.4) is 0 Å². The van der Waals surface area contributed by atoms with Gasteiger partial charge in [0.05, 0.1) is 6.54 Å². The fourth-order valence-corrected chi connectivity index (χ4v) is 2.00. The van der Waals surface area contributed by atoms with E-state index < -0.39 is 12.8 Å². The number of hydrogen-bond donors (Lipinski definition) is 2. The number of alkyl halides is 3. The number of benzene rings is 1. The van der Waals surface area contributed by atoms with Crippen LogP contribution in [0.4, 0.5) is 13.2 Å². The molecule has 1 aromatic rings. The second-order valence-corrected chi connectivity index (χ2v) is 5.35. The first-order chi connectivity index (χ1) is 12.5. The third-order valence-corrected chi connectivity index (χ3v) is 3.10. The Hall–Kier alpha value is -2.22. The van der Waals surface area contributed by atoms with Crippen LogP contribution in [0, 0.1) is 0 Å². The molecule has 0 aliphatic rings. The summed E-state index contributed by atoms with van der Waals surface area (Å²) in [5.41, 5.74) is 0.931. The van der Waals surface area contributed by atoms with Gasteiger partial charge in [0.25, 0.3) is 0 Å². The number of hydrogen-bond acceptors (Lipinski definition) is 3. The summed E-state index contributed by atoms with van der Waals surface area (Å²) < 4.78 is 46.1. The van der Waals surface area contributed by atoms with E-state index in [9.17, 15) is 13.2 Å². The number of nitrogens with one attached hydrogen (secondary N) is 2. The number of ether oxygens (including phenoxy) is 2. The molecule has 0 amide bonds. The number of halogens is 3. The summed E-state index contributed by atoms with van der Waals surface area (Å²) in [5.74, 6) is 1.33. The number of para-hydroxylation sites is 1. The van der Waals surface area contributed by atoms with E-state index in [1.54, 1.807) is 6.08 Å². The summed E-state index contributed by atoms with van der Waals surface area (Å²) >= 11 is 0. The van der Waals surface area contributed by atoms with Gasteiger partial charge in [-0.05, 0) is 19.4 Å². The quantitative estimate of drug-likeness (QED) is 0.271. The predicted octanol–water partition coefficient (Wildman–Crippen LogP) is 3.28. The lowest BCUT2D eigenvalue weighted by atomic mass is 10.2. The van der Waals surface area contributed by atoms with Crippen molar-refractivity contribution < 1.29 is 22.6 Å². The molecule has 5 nitrogen and oxygen atoms in total. The molecule has 0 spiro atoms. The molecule has 0 fully saturated rings. The van der Waals surface area contributed by atoms with E-state index in [0.29, 0.717) is 38.6 Å². The molecule has 0 unspecified atom stereocenters. The van der Waals surface area contributed by atoms with E-state index in [2.05, 4.69) is 26.9 Å². The van der Waals surface area contributed by atoms with Gasteiger partial charge >= 0.3 is 6.18 Å². The molecule has 0 aliphatic carbocycles. The Morgan fingerprint density at radius 1 is 1.27 bits per heavy atom. The molecule has 0 bridgehead atoms. The third kappa shape index (κ3) is 9.93. The predicted molar refractivity (Wildman–Crippen MR) is 96.4 cm³/mol. The van der Waals surface area contributed by atoms with Gasteiger partial charge in [-0.1, -0.05) is 30.9 Å². The van der Waals surface area contributed by atoms with Crippen molar-refractivity contribution >= 4 is 5.96 Å². The molecule has 0 aliphatic heterocycles. The van der Waals surface area contributed by atoms with Crippen LogP contribution >= 0.6 is 0 Å². The van der Waals surface area contributed by atoms with Crippen LogP contribution in [-0.2, 0) is 11.3 Å². The molecule has 0 heterocycles.